The van der Waals surface area contributed by atoms with Crippen LogP contribution in [0.3, 0.4) is 0 Å². The molecular weight excluding hydrogens is 368 g/mol. The summed E-state index contributed by atoms with van der Waals surface area (Å²) in [5, 5.41) is 3.71. The first-order chi connectivity index (χ1) is 12.8. The molecule has 2 N–H and O–H groups in total. The Hall–Kier alpha value is -2.23. The number of nitrogens with zero attached hydrogens (tertiary/aromatic N) is 2. The highest BCUT2D eigenvalue weighted by Gasteiger charge is 2.29. The fourth-order valence-electron chi connectivity index (χ4n) is 2.78. The fourth-order valence-corrected chi connectivity index (χ4v) is 3.97. The lowest BCUT2D eigenvalue weighted by molar-refractivity contribution is -0.895. The van der Waals surface area contributed by atoms with Crippen LogP contribution < -0.4 is 10.2 Å². The molecule has 0 unspecified atom stereocenters. The average molecular weight is 396 g/mol. The largest absolute Gasteiger partial charge is 0.358 e. The maximum Gasteiger partial charge on any atom is 0.277 e. The van der Waals surface area contributed by atoms with Gasteiger partial charge in [0.15, 0.2) is 6.54 Å². The van der Waals surface area contributed by atoms with Crippen LogP contribution in [0.2, 0.25) is 0 Å². The maximum atomic E-state index is 12.5. The third-order valence-electron chi connectivity index (χ3n) is 4.51. The van der Waals surface area contributed by atoms with E-state index in [4.69, 9.17) is 0 Å². The topological polar surface area (TPSA) is 91.2 Å². The molecule has 1 aliphatic heterocycles. The van der Waals surface area contributed by atoms with Gasteiger partial charge >= 0.3 is 0 Å². The lowest BCUT2D eigenvalue weighted by Gasteiger charge is -2.31. The summed E-state index contributed by atoms with van der Waals surface area (Å²) in [4.78, 5) is 25.9. The molecule has 27 heavy (non-hydrogen) atoms. The second-order valence-corrected chi connectivity index (χ2v) is 8.33. The first kappa shape index (κ1) is 21.1. The van der Waals surface area contributed by atoms with Gasteiger partial charge in [-0.2, -0.15) is 4.31 Å². The SMILES string of the molecule is CNC(=O)CN(C)C(=O)C[NH+]1CCN(S(=O)(=O)/C=C/c2ccccc2)CC1. The number of rotatable bonds is 7. The maximum absolute atomic E-state index is 12.5. The quantitative estimate of drug-likeness (QED) is 0.581. The van der Waals surface area contributed by atoms with Crippen LogP contribution in [0.1, 0.15) is 5.56 Å². The Morgan fingerprint density at radius 2 is 1.85 bits per heavy atom. The molecule has 0 aromatic heterocycles. The summed E-state index contributed by atoms with van der Waals surface area (Å²) in [6, 6.07) is 9.27. The van der Waals surface area contributed by atoms with E-state index in [9.17, 15) is 18.0 Å². The number of benzene rings is 1. The third kappa shape index (κ3) is 6.46. The predicted molar refractivity (Wildman–Crippen MR) is 103 cm³/mol. The zero-order valence-corrected chi connectivity index (χ0v) is 16.5. The van der Waals surface area contributed by atoms with Gasteiger partial charge in [0.2, 0.25) is 15.9 Å². The van der Waals surface area contributed by atoms with Gasteiger partial charge in [-0.05, 0) is 11.6 Å². The first-order valence-electron chi connectivity index (χ1n) is 8.83. The molecule has 0 radical (unpaired) electrons. The number of carbonyl (C=O) groups excluding carboxylic acids is 2. The molecule has 1 heterocycles. The zero-order chi connectivity index (χ0) is 19.9. The molecule has 1 aromatic carbocycles. The smallest absolute Gasteiger partial charge is 0.277 e. The Kier molecular flexibility index (Phi) is 7.52. The van der Waals surface area contributed by atoms with E-state index < -0.39 is 10.0 Å². The molecule has 2 amide bonds. The minimum Gasteiger partial charge on any atom is -0.358 e. The Morgan fingerprint density at radius 3 is 2.44 bits per heavy atom. The normalized spacial score (nSPS) is 16.4. The van der Waals surface area contributed by atoms with Gasteiger partial charge in [-0.1, -0.05) is 30.3 Å². The van der Waals surface area contributed by atoms with Crippen molar-refractivity contribution in [3.63, 3.8) is 0 Å². The minimum atomic E-state index is -3.48. The Morgan fingerprint density at radius 1 is 1.22 bits per heavy atom. The number of hydrogen-bond donors (Lipinski definition) is 2. The molecule has 0 saturated carbocycles. The highest BCUT2D eigenvalue weighted by atomic mass is 32.2. The van der Waals surface area contributed by atoms with Crippen LogP contribution in [0.25, 0.3) is 6.08 Å². The van der Waals surface area contributed by atoms with E-state index in [-0.39, 0.29) is 24.9 Å². The second-order valence-electron chi connectivity index (χ2n) is 6.51. The van der Waals surface area contributed by atoms with Gasteiger partial charge in [-0.15, -0.1) is 0 Å². The van der Waals surface area contributed by atoms with Gasteiger partial charge in [0, 0.05) is 19.5 Å². The van der Waals surface area contributed by atoms with Crippen molar-refractivity contribution in [2.45, 2.75) is 0 Å². The summed E-state index contributed by atoms with van der Waals surface area (Å²) in [7, 11) is -0.363. The molecule has 1 fully saturated rings. The van der Waals surface area contributed by atoms with Crippen molar-refractivity contribution in [1.29, 1.82) is 0 Å². The van der Waals surface area contributed by atoms with Crippen LogP contribution in [-0.2, 0) is 19.6 Å². The van der Waals surface area contributed by atoms with Crippen LogP contribution in [0.5, 0.6) is 0 Å². The Balaban J connectivity index is 1.84. The summed E-state index contributed by atoms with van der Waals surface area (Å²) in [5.74, 6) is -0.351. The average Bonchev–Trinajstić information content (AvgIpc) is 2.67. The van der Waals surface area contributed by atoms with E-state index in [0.717, 1.165) is 10.5 Å². The van der Waals surface area contributed by atoms with Crippen LogP contribution in [0.15, 0.2) is 35.7 Å². The van der Waals surface area contributed by atoms with Gasteiger partial charge in [0.05, 0.1) is 32.7 Å². The number of quaternary nitrogens is 1. The molecule has 0 spiro atoms. The standard InChI is InChI=1S/C18H26N4O4S/c1-19-17(23)14-20(2)18(24)15-21-9-11-22(12-10-21)27(25,26)13-8-16-6-4-3-5-7-16/h3-8,13H,9-12,14-15H2,1-2H3,(H,19,23)/p+1/b13-8+. The summed E-state index contributed by atoms with van der Waals surface area (Å²) in [5.41, 5.74) is 0.829. The predicted octanol–water partition coefficient (Wildman–Crippen LogP) is -1.61. The Labute approximate surface area is 160 Å². The molecule has 148 valence electrons. The van der Waals surface area contributed by atoms with E-state index in [0.29, 0.717) is 26.2 Å². The number of carbonyl (C=O) groups is 2. The van der Waals surface area contributed by atoms with E-state index in [1.807, 2.05) is 30.3 Å². The number of hydrogen-bond acceptors (Lipinski definition) is 4. The summed E-state index contributed by atoms with van der Waals surface area (Å²) in [6.45, 7) is 2.11. The van der Waals surface area contributed by atoms with Gasteiger partial charge in [0.1, 0.15) is 0 Å². The number of nitrogens with one attached hydrogen (secondary N) is 2. The van der Waals surface area contributed by atoms with Gasteiger partial charge in [-0.25, -0.2) is 8.42 Å². The molecule has 1 saturated heterocycles. The third-order valence-corrected chi connectivity index (χ3v) is 6.07. The van der Waals surface area contributed by atoms with Crippen LogP contribution >= 0.6 is 0 Å². The van der Waals surface area contributed by atoms with Crippen molar-refractivity contribution in [2.24, 2.45) is 0 Å². The molecule has 8 nitrogen and oxygen atoms in total. The van der Waals surface area contributed by atoms with E-state index >= 15 is 0 Å². The monoisotopic (exact) mass is 395 g/mol. The van der Waals surface area contributed by atoms with Crippen LogP contribution in [0, 0.1) is 0 Å². The molecule has 2 rings (SSSR count). The first-order valence-corrected chi connectivity index (χ1v) is 10.3. The van der Waals surface area contributed by atoms with Crippen molar-refractivity contribution >= 4 is 27.9 Å². The van der Waals surface area contributed by atoms with E-state index in [1.54, 1.807) is 13.1 Å². The molecule has 1 aliphatic rings. The number of sulfonamides is 1. The molecule has 0 atom stereocenters. The zero-order valence-electron chi connectivity index (χ0n) is 15.7. The lowest BCUT2D eigenvalue weighted by Crippen LogP contribution is -3.15. The lowest BCUT2D eigenvalue weighted by atomic mass is 10.2. The summed E-state index contributed by atoms with van der Waals surface area (Å²) < 4.78 is 26.4. The molecular formula is C18H27N4O4S+. The van der Waals surface area contributed by atoms with Gasteiger partial charge in [-0.3, -0.25) is 9.59 Å². The fraction of sp³-hybridized carbons (Fsp3) is 0.444. The number of piperazine rings is 1. The highest BCUT2D eigenvalue weighted by Crippen LogP contribution is 2.08. The van der Waals surface area contributed by atoms with Crippen LogP contribution in [-0.4, -0.2) is 82.8 Å². The van der Waals surface area contributed by atoms with Crippen molar-refractivity contribution in [3.05, 3.63) is 41.3 Å². The minimum absolute atomic E-state index is 0.0212. The summed E-state index contributed by atoms with van der Waals surface area (Å²) >= 11 is 0. The van der Waals surface area contributed by atoms with Gasteiger partial charge in [0.25, 0.3) is 5.91 Å². The second kappa shape index (κ2) is 9.63. The molecule has 1 aromatic rings. The van der Waals surface area contributed by atoms with Gasteiger partial charge < -0.3 is 15.1 Å². The van der Waals surface area contributed by atoms with Crippen molar-refractivity contribution in [2.75, 3.05) is 53.4 Å². The molecule has 0 bridgehead atoms. The number of likely N-dealkylation sites (N-methyl/N-ethyl adjacent to an activating group) is 2. The van der Waals surface area contributed by atoms with Crippen molar-refractivity contribution < 1.29 is 22.9 Å². The summed E-state index contributed by atoms with van der Waals surface area (Å²) in [6.07, 6.45) is 1.59. The van der Waals surface area contributed by atoms with Crippen molar-refractivity contribution in [1.82, 2.24) is 14.5 Å². The molecule has 0 aliphatic carbocycles. The highest BCUT2D eigenvalue weighted by molar-refractivity contribution is 7.92. The van der Waals surface area contributed by atoms with E-state index in [1.165, 1.54) is 21.7 Å². The van der Waals surface area contributed by atoms with E-state index in [2.05, 4.69) is 5.32 Å². The Bertz CT molecular complexity index is 772. The van der Waals surface area contributed by atoms with Crippen molar-refractivity contribution in [3.8, 4) is 0 Å². The van der Waals surface area contributed by atoms with Crippen LogP contribution in [0.4, 0.5) is 0 Å². The number of amides is 2. The molecule has 9 heteroatoms.